The number of aromatic amines is 2. The van der Waals surface area contributed by atoms with E-state index in [0.29, 0.717) is 27.1 Å². The first kappa shape index (κ1) is 11.1. The average Bonchev–Trinajstić information content (AvgIpc) is 2.69. The Hall–Kier alpha value is -1.39. The van der Waals surface area contributed by atoms with Gasteiger partial charge in [0, 0.05) is 11.8 Å². The monoisotopic (exact) mass is 258 g/mol. The molecule has 0 atom stereocenters. The van der Waals surface area contributed by atoms with E-state index in [2.05, 4.69) is 9.97 Å². The van der Waals surface area contributed by atoms with Crippen LogP contribution in [0.15, 0.2) is 23.1 Å². The third-order valence-electron chi connectivity index (χ3n) is 2.15. The third-order valence-corrected chi connectivity index (χ3v) is 3.02. The number of rotatable bonds is 2. The Morgan fingerprint density at radius 3 is 2.56 bits per heavy atom. The van der Waals surface area contributed by atoms with E-state index in [1.54, 1.807) is 12.1 Å². The quantitative estimate of drug-likeness (QED) is 0.871. The second-order valence-corrected chi connectivity index (χ2v) is 3.86. The molecular formula is C10H8Cl2N2O2. The molecule has 2 N–H and O–H groups in total. The zero-order valence-corrected chi connectivity index (χ0v) is 9.82. The molecule has 0 bridgehead atoms. The van der Waals surface area contributed by atoms with Gasteiger partial charge in [-0.15, -0.1) is 0 Å². The number of nitrogens with one attached hydrogen (secondary N) is 2. The van der Waals surface area contributed by atoms with Gasteiger partial charge in [-0.2, -0.15) is 0 Å². The summed E-state index contributed by atoms with van der Waals surface area (Å²) in [7, 11) is 1.51. The molecule has 0 aliphatic heterocycles. The van der Waals surface area contributed by atoms with Crippen molar-refractivity contribution in [3.8, 4) is 17.0 Å². The van der Waals surface area contributed by atoms with Crippen molar-refractivity contribution < 1.29 is 4.74 Å². The van der Waals surface area contributed by atoms with Crippen molar-refractivity contribution in [2.45, 2.75) is 0 Å². The highest BCUT2D eigenvalue weighted by molar-refractivity contribution is 6.44. The van der Waals surface area contributed by atoms with Crippen LogP contribution in [-0.4, -0.2) is 17.1 Å². The summed E-state index contributed by atoms with van der Waals surface area (Å²) in [6.45, 7) is 0. The number of halogens is 2. The van der Waals surface area contributed by atoms with Gasteiger partial charge in [0.2, 0.25) is 0 Å². The minimum atomic E-state index is -0.294. The van der Waals surface area contributed by atoms with Gasteiger partial charge >= 0.3 is 5.69 Å². The van der Waals surface area contributed by atoms with Gasteiger partial charge in [-0.1, -0.05) is 23.2 Å². The van der Waals surface area contributed by atoms with Crippen LogP contribution in [0.1, 0.15) is 0 Å². The molecule has 1 aromatic heterocycles. The van der Waals surface area contributed by atoms with Gasteiger partial charge in [0.05, 0.1) is 17.8 Å². The number of imidazole rings is 1. The van der Waals surface area contributed by atoms with E-state index in [9.17, 15) is 4.79 Å². The van der Waals surface area contributed by atoms with Crippen LogP contribution in [0.2, 0.25) is 10.0 Å². The van der Waals surface area contributed by atoms with E-state index < -0.39 is 0 Å². The SMILES string of the molecule is COc1ccc(-c2c[nH]c(=O)[nH]2)c(Cl)c1Cl. The van der Waals surface area contributed by atoms with Crippen LogP contribution in [0.3, 0.4) is 0 Å². The molecule has 4 nitrogen and oxygen atoms in total. The lowest BCUT2D eigenvalue weighted by Gasteiger charge is -2.07. The van der Waals surface area contributed by atoms with Crippen LogP contribution in [0.4, 0.5) is 0 Å². The van der Waals surface area contributed by atoms with E-state index in [-0.39, 0.29) is 5.69 Å². The molecule has 0 radical (unpaired) electrons. The molecule has 6 heteroatoms. The number of H-pyrrole nitrogens is 2. The van der Waals surface area contributed by atoms with Crippen molar-refractivity contribution in [3.05, 3.63) is 38.9 Å². The Labute approximate surface area is 101 Å². The molecule has 0 amide bonds. The predicted octanol–water partition coefficient (Wildman–Crippen LogP) is 2.69. The molecular weight excluding hydrogens is 251 g/mol. The number of benzene rings is 1. The van der Waals surface area contributed by atoms with E-state index in [1.165, 1.54) is 13.3 Å². The van der Waals surface area contributed by atoms with Crippen LogP contribution in [0, 0.1) is 0 Å². The fraction of sp³-hybridized carbons (Fsp3) is 0.100. The summed E-state index contributed by atoms with van der Waals surface area (Å²) in [5.74, 6) is 0.494. The number of aromatic nitrogens is 2. The molecule has 0 unspecified atom stereocenters. The highest BCUT2D eigenvalue weighted by Gasteiger charge is 2.12. The number of hydrogen-bond acceptors (Lipinski definition) is 2. The highest BCUT2D eigenvalue weighted by Crippen LogP contribution is 2.38. The fourth-order valence-corrected chi connectivity index (χ4v) is 1.87. The second-order valence-electron chi connectivity index (χ2n) is 3.10. The Morgan fingerprint density at radius 2 is 2.00 bits per heavy atom. The molecule has 0 fully saturated rings. The van der Waals surface area contributed by atoms with Crippen LogP contribution < -0.4 is 10.4 Å². The second kappa shape index (κ2) is 4.23. The van der Waals surface area contributed by atoms with Gasteiger partial charge < -0.3 is 14.7 Å². The van der Waals surface area contributed by atoms with Gasteiger partial charge in [0.1, 0.15) is 10.8 Å². The molecule has 0 aliphatic carbocycles. The molecule has 1 heterocycles. The van der Waals surface area contributed by atoms with Crippen molar-refractivity contribution in [3.63, 3.8) is 0 Å². The maximum atomic E-state index is 11.0. The van der Waals surface area contributed by atoms with Crippen molar-refractivity contribution in [1.82, 2.24) is 9.97 Å². The highest BCUT2D eigenvalue weighted by atomic mass is 35.5. The van der Waals surface area contributed by atoms with Crippen molar-refractivity contribution in [2.75, 3.05) is 7.11 Å². The molecule has 0 saturated carbocycles. The lowest BCUT2D eigenvalue weighted by Crippen LogP contribution is -2.00. The van der Waals surface area contributed by atoms with Crippen LogP contribution >= 0.6 is 23.2 Å². The van der Waals surface area contributed by atoms with Gasteiger partial charge in [-0.25, -0.2) is 4.79 Å². The van der Waals surface area contributed by atoms with Gasteiger partial charge in [0.25, 0.3) is 0 Å². The maximum Gasteiger partial charge on any atom is 0.323 e. The normalized spacial score (nSPS) is 10.4. The summed E-state index contributed by atoms with van der Waals surface area (Å²) >= 11 is 12.1. The molecule has 2 rings (SSSR count). The topological polar surface area (TPSA) is 57.9 Å². The maximum absolute atomic E-state index is 11.0. The third kappa shape index (κ3) is 1.81. The summed E-state index contributed by atoms with van der Waals surface area (Å²) in [4.78, 5) is 16.1. The minimum Gasteiger partial charge on any atom is -0.495 e. The standard InChI is InChI=1S/C10H8Cl2N2O2/c1-16-7-3-2-5(8(11)9(7)12)6-4-13-10(15)14-6/h2-4H,1H3,(H2,13,14,15). The van der Waals surface area contributed by atoms with Crippen molar-refractivity contribution in [2.24, 2.45) is 0 Å². The van der Waals surface area contributed by atoms with Gasteiger partial charge in [-0.05, 0) is 12.1 Å². The first-order valence-corrected chi connectivity index (χ1v) is 5.19. The number of ether oxygens (including phenoxy) is 1. The predicted molar refractivity (Wildman–Crippen MR) is 63.4 cm³/mol. The van der Waals surface area contributed by atoms with Crippen LogP contribution in [0.25, 0.3) is 11.3 Å². The molecule has 2 aromatic rings. The van der Waals surface area contributed by atoms with Crippen LogP contribution in [-0.2, 0) is 0 Å². The summed E-state index contributed by atoms with van der Waals surface area (Å²) < 4.78 is 5.03. The van der Waals surface area contributed by atoms with E-state index in [4.69, 9.17) is 27.9 Å². The first-order valence-electron chi connectivity index (χ1n) is 4.43. The molecule has 0 spiro atoms. The molecule has 0 saturated heterocycles. The smallest absolute Gasteiger partial charge is 0.323 e. The van der Waals surface area contributed by atoms with Gasteiger partial charge in [0.15, 0.2) is 0 Å². The van der Waals surface area contributed by atoms with Crippen molar-refractivity contribution >= 4 is 23.2 Å². The fourth-order valence-electron chi connectivity index (χ4n) is 1.37. The molecule has 16 heavy (non-hydrogen) atoms. The van der Waals surface area contributed by atoms with E-state index in [1.807, 2.05) is 0 Å². The van der Waals surface area contributed by atoms with Crippen LogP contribution in [0.5, 0.6) is 5.75 Å². The van der Waals surface area contributed by atoms with E-state index >= 15 is 0 Å². The summed E-state index contributed by atoms with van der Waals surface area (Å²) in [6, 6.07) is 3.42. The van der Waals surface area contributed by atoms with Gasteiger partial charge in [-0.3, -0.25) is 0 Å². The Kier molecular flexibility index (Phi) is 2.94. The molecule has 1 aromatic carbocycles. The zero-order chi connectivity index (χ0) is 11.7. The lowest BCUT2D eigenvalue weighted by atomic mass is 10.1. The van der Waals surface area contributed by atoms with E-state index in [0.717, 1.165) is 0 Å². The molecule has 84 valence electrons. The minimum absolute atomic E-state index is 0.294. The average molecular weight is 259 g/mol. The van der Waals surface area contributed by atoms with Crippen molar-refractivity contribution in [1.29, 1.82) is 0 Å². The first-order chi connectivity index (χ1) is 7.63. The summed E-state index contributed by atoms with van der Waals surface area (Å²) in [5, 5.41) is 0.667. The number of methoxy groups -OCH3 is 1. The molecule has 0 aliphatic rings. The summed E-state index contributed by atoms with van der Waals surface area (Å²) in [5.41, 5.74) is 0.934. The lowest BCUT2D eigenvalue weighted by molar-refractivity contribution is 0.415. The summed E-state index contributed by atoms with van der Waals surface area (Å²) in [6.07, 6.45) is 1.53. The Morgan fingerprint density at radius 1 is 1.25 bits per heavy atom. The largest absolute Gasteiger partial charge is 0.495 e. The Balaban J connectivity index is 2.59. The number of hydrogen-bond donors (Lipinski definition) is 2. The Bertz CT molecular complexity index is 574. The zero-order valence-electron chi connectivity index (χ0n) is 8.30.